The van der Waals surface area contributed by atoms with E-state index in [0.29, 0.717) is 17.1 Å². The summed E-state index contributed by atoms with van der Waals surface area (Å²) in [6.07, 6.45) is 3.01. The SMILES string of the molecule is Fc1cccc(F)c1-c1csc(CSc2ncnc3nc[nH]c23)n1. The van der Waals surface area contributed by atoms with Crippen molar-refractivity contribution < 1.29 is 8.78 Å². The number of imidazole rings is 1. The molecule has 5 nitrogen and oxygen atoms in total. The molecular formula is C15H9F2N5S2. The molecule has 1 N–H and O–H groups in total. The second-order valence-corrected chi connectivity index (χ2v) is 6.70. The van der Waals surface area contributed by atoms with Crippen LogP contribution in [0.2, 0.25) is 0 Å². The van der Waals surface area contributed by atoms with E-state index in [9.17, 15) is 8.78 Å². The van der Waals surface area contributed by atoms with E-state index in [4.69, 9.17) is 0 Å². The van der Waals surface area contributed by atoms with Crippen LogP contribution in [0.5, 0.6) is 0 Å². The second kappa shape index (κ2) is 6.25. The Bertz CT molecular complexity index is 994. The molecule has 0 spiro atoms. The molecule has 120 valence electrons. The monoisotopic (exact) mass is 361 g/mol. The fourth-order valence-electron chi connectivity index (χ4n) is 2.22. The van der Waals surface area contributed by atoms with Gasteiger partial charge in [-0.15, -0.1) is 11.3 Å². The summed E-state index contributed by atoms with van der Waals surface area (Å²) in [4.78, 5) is 19.7. The summed E-state index contributed by atoms with van der Waals surface area (Å²) in [6, 6.07) is 3.78. The Morgan fingerprint density at radius 2 is 1.96 bits per heavy atom. The van der Waals surface area contributed by atoms with Gasteiger partial charge < -0.3 is 4.98 Å². The highest BCUT2D eigenvalue weighted by Crippen LogP contribution is 2.31. The van der Waals surface area contributed by atoms with Crippen molar-refractivity contribution in [2.45, 2.75) is 10.8 Å². The lowest BCUT2D eigenvalue weighted by Crippen LogP contribution is -1.91. The number of fused-ring (bicyclic) bond motifs is 1. The molecule has 0 amide bonds. The van der Waals surface area contributed by atoms with E-state index in [-0.39, 0.29) is 5.56 Å². The van der Waals surface area contributed by atoms with Crippen molar-refractivity contribution in [3.05, 3.63) is 52.9 Å². The molecular weight excluding hydrogens is 352 g/mol. The van der Waals surface area contributed by atoms with Gasteiger partial charge in [0.25, 0.3) is 0 Å². The smallest absolute Gasteiger partial charge is 0.181 e. The average Bonchev–Trinajstić information content (AvgIpc) is 3.22. The van der Waals surface area contributed by atoms with Gasteiger partial charge in [-0.25, -0.2) is 28.7 Å². The Balaban J connectivity index is 1.57. The highest BCUT2D eigenvalue weighted by atomic mass is 32.2. The Labute approximate surface area is 143 Å². The number of nitrogens with zero attached hydrogens (tertiary/aromatic N) is 4. The third-order valence-electron chi connectivity index (χ3n) is 3.29. The highest BCUT2D eigenvalue weighted by molar-refractivity contribution is 7.98. The number of aromatic nitrogens is 5. The van der Waals surface area contributed by atoms with Gasteiger partial charge in [0.15, 0.2) is 5.65 Å². The van der Waals surface area contributed by atoms with Gasteiger partial charge in [0.2, 0.25) is 0 Å². The molecule has 3 aromatic heterocycles. The largest absolute Gasteiger partial charge is 0.341 e. The van der Waals surface area contributed by atoms with Crippen LogP contribution in [-0.2, 0) is 5.75 Å². The van der Waals surface area contributed by atoms with Crippen LogP contribution >= 0.6 is 23.1 Å². The number of rotatable bonds is 4. The standard InChI is InChI=1S/C15H9F2N5S2/c16-8-2-1-3-9(17)12(8)10-4-23-11(22-10)5-24-15-13-14(19-6-18-13)20-7-21-15/h1-4,6-7H,5H2,(H,18,19,20,21). The minimum atomic E-state index is -0.616. The van der Waals surface area contributed by atoms with E-state index in [1.807, 2.05) is 0 Å². The van der Waals surface area contributed by atoms with Crippen molar-refractivity contribution in [3.8, 4) is 11.3 Å². The maximum atomic E-state index is 13.8. The third-order valence-corrected chi connectivity index (χ3v) is 5.32. The number of benzene rings is 1. The van der Waals surface area contributed by atoms with Crippen molar-refractivity contribution >= 4 is 34.3 Å². The zero-order chi connectivity index (χ0) is 16.5. The molecule has 1 aromatic carbocycles. The zero-order valence-electron chi connectivity index (χ0n) is 12.0. The van der Waals surface area contributed by atoms with E-state index >= 15 is 0 Å². The van der Waals surface area contributed by atoms with Crippen LogP contribution in [0.25, 0.3) is 22.4 Å². The number of aromatic amines is 1. The molecule has 0 fully saturated rings. The van der Waals surface area contributed by atoms with Crippen LogP contribution in [0.3, 0.4) is 0 Å². The van der Waals surface area contributed by atoms with Gasteiger partial charge in [-0.2, -0.15) is 0 Å². The number of thioether (sulfide) groups is 1. The second-order valence-electron chi connectivity index (χ2n) is 4.79. The molecule has 4 aromatic rings. The molecule has 0 aliphatic carbocycles. The van der Waals surface area contributed by atoms with Crippen LogP contribution in [0.1, 0.15) is 5.01 Å². The summed E-state index contributed by atoms with van der Waals surface area (Å²) in [5, 5.41) is 3.17. The Morgan fingerprint density at radius 3 is 2.79 bits per heavy atom. The van der Waals surface area contributed by atoms with Crippen molar-refractivity contribution in [1.82, 2.24) is 24.9 Å². The summed E-state index contributed by atoms with van der Waals surface area (Å²) in [5.41, 5.74) is 1.57. The summed E-state index contributed by atoms with van der Waals surface area (Å²) < 4.78 is 27.7. The van der Waals surface area contributed by atoms with Crippen molar-refractivity contribution in [2.75, 3.05) is 0 Å². The lowest BCUT2D eigenvalue weighted by molar-refractivity contribution is 0.589. The van der Waals surface area contributed by atoms with Gasteiger partial charge >= 0.3 is 0 Å². The highest BCUT2D eigenvalue weighted by Gasteiger charge is 2.15. The maximum Gasteiger partial charge on any atom is 0.181 e. The molecule has 0 saturated carbocycles. The fourth-order valence-corrected chi connectivity index (χ4v) is 3.98. The van der Waals surface area contributed by atoms with Crippen molar-refractivity contribution in [1.29, 1.82) is 0 Å². The van der Waals surface area contributed by atoms with Crippen molar-refractivity contribution in [3.63, 3.8) is 0 Å². The number of nitrogens with one attached hydrogen (secondary N) is 1. The molecule has 0 bridgehead atoms. The van der Waals surface area contributed by atoms with Crippen LogP contribution in [-0.4, -0.2) is 24.9 Å². The van der Waals surface area contributed by atoms with E-state index in [0.717, 1.165) is 15.6 Å². The van der Waals surface area contributed by atoms with Crippen LogP contribution in [0.15, 0.2) is 41.3 Å². The van der Waals surface area contributed by atoms with Crippen LogP contribution < -0.4 is 0 Å². The first-order chi connectivity index (χ1) is 11.7. The van der Waals surface area contributed by atoms with Gasteiger partial charge in [0.1, 0.15) is 33.5 Å². The molecule has 0 radical (unpaired) electrons. The lowest BCUT2D eigenvalue weighted by Gasteiger charge is -2.01. The summed E-state index contributed by atoms with van der Waals surface area (Å²) in [6.45, 7) is 0. The summed E-state index contributed by atoms with van der Waals surface area (Å²) in [5.74, 6) is -0.699. The van der Waals surface area contributed by atoms with Gasteiger partial charge in [0.05, 0.1) is 23.3 Å². The molecule has 0 saturated heterocycles. The van der Waals surface area contributed by atoms with Gasteiger partial charge in [-0.05, 0) is 12.1 Å². The molecule has 24 heavy (non-hydrogen) atoms. The van der Waals surface area contributed by atoms with Gasteiger partial charge in [0, 0.05) is 5.38 Å². The van der Waals surface area contributed by atoms with E-state index in [1.54, 1.807) is 11.7 Å². The minimum absolute atomic E-state index is 0.0944. The molecule has 0 unspecified atom stereocenters. The Kier molecular flexibility index (Phi) is 3.95. The zero-order valence-corrected chi connectivity index (χ0v) is 13.7. The van der Waals surface area contributed by atoms with Gasteiger partial charge in [-0.1, -0.05) is 17.8 Å². The van der Waals surface area contributed by atoms with Crippen LogP contribution in [0.4, 0.5) is 8.78 Å². The maximum absolute atomic E-state index is 13.8. The fraction of sp³-hybridized carbons (Fsp3) is 0.0667. The molecule has 4 rings (SSSR count). The first-order valence-corrected chi connectivity index (χ1v) is 8.74. The molecule has 0 atom stereocenters. The predicted octanol–water partition coefficient (Wildman–Crippen LogP) is 4.05. The Hall–Kier alpha value is -2.39. The molecule has 9 heteroatoms. The molecule has 0 aliphatic heterocycles. The normalized spacial score (nSPS) is 11.2. The predicted molar refractivity (Wildman–Crippen MR) is 88.7 cm³/mol. The summed E-state index contributed by atoms with van der Waals surface area (Å²) in [7, 11) is 0. The first-order valence-electron chi connectivity index (χ1n) is 6.88. The first kappa shape index (κ1) is 15.2. The van der Waals surface area contributed by atoms with Crippen molar-refractivity contribution in [2.24, 2.45) is 0 Å². The summed E-state index contributed by atoms with van der Waals surface area (Å²) >= 11 is 2.82. The quantitative estimate of drug-likeness (QED) is 0.439. The van der Waals surface area contributed by atoms with E-state index in [2.05, 4.69) is 24.9 Å². The molecule has 0 aliphatic rings. The number of halogens is 2. The minimum Gasteiger partial charge on any atom is -0.341 e. The van der Waals surface area contributed by atoms with E-state index < -0.39 is 11.6 Å². The lowest BCUT2D eigenvalue weighted by atomic mass is 10.1. The Morgan fingerprint density at radius 1 is 1.12 bits per heavy atom. The number of H-pyrrole nitrogens is 1. The number of hydrogen-bond donors (Lipinski definition) is 1. The average molecular weight is 361 g/mol. The third kappa shape index (κ3) is 2.76. The van der Waals surface area contributed by atoms with E-state index in [1.165, 1.54) is 47.6 Å². The van der Waals surface area contributed by atoms with Gasteiger partial charge in [-0.3, -0.25) is 0 Å². The van der Waals surface area contributed by atoms with Crippen LogP contribution in [0, 0.1) is 11.6 Å². The molecule has 3 heterocycles. The topological polar surface area (TPSA) is 67.3 Å². The number of thiazole rings is 1. The number of hydrogen-bond acceptors (Lipinski definition) is 6.